The zero-order chi connectivity index (χ0) is 22.4. The average Bonchev–Trinajstić information content (AvgIpc) is 3.20. The van der Waals surface area contributed by atoms with Crippen molar-refractivity contribution in [2.75, 3.05) is 11.1 Å². The number of hydrogen-bond acceptors (Lipinski definition) is 6. The van der Waals surface area contributed by atoms with Gasteiger partial charge >= 0.3 is 6.36 Å². The fourth-order valence-corrected chi connectivity index (χ4v) is 3.37. The van der Waals surface area contributed by atoms with E-state index < -0.39 is 6.36 Å². The Balaban J connectivity index is 1.58. The van der Waals surface area contributed by atoms with Crippen molar-refractivity contribution in [3.8, 4) is 11.4 Å². The highest BCUT2D eigenvalue weighted by molar-refractivity contribution is 7.99. The van der Waals surface area contributed by atoms with Crippen molar-refractivity contribution in [3.05, 3.63) is 54.1 Å². The van der Waals surface area contributed by atoms with E-state index in [-0.39, 0.29) is 17.4 Å². The molecule has 0 aliphatic rings. The van der Waals surface area contributed by atoms with Gasteiger partial charge in [0.15, 0.2) is 0 Å². The molecule has 2 aromatic carbocycles. The molecule has 0 aliphatic heterocycles. The number of carbonyl (C=O) groups excluding carboxylic acids is 1. The number of amides is 1. The molecule has 0 bridgehead atoms. The van der Waals surface area contributed by atoms with E-state index in [0.29, 0.717) is 22.4 Å². The lowest BCUT2D eigenvalue weighted by atomic mass is 9.99. The second-order valence-corrected chi connectivity index (χ2v) is 7.63. The van der Waals surface area contributed by atoms with Crippen LogP contribution in [0.5, 0.6) is 5.75 Å². The van der Waals surface area contributed by atoms with Gasteiger partial charge in [-0.25, -0.2) is 0 Å². The number of thioether (sulfide) groups is 1. The number of alkyl halides is 3. The number of anilines is 1. The van der Waals surface area contributed by atoms with Crippen LogP contribution in [-0.2, 0) is 4.79 Å². The van der Waals surface area contributed by atoms with E-state index in [1.165, 1.54) is 22.4 Å². The predicted octanol–water partition coefficient (Wildman–Crippen LogP) is 4.81. The first-order valence-corrected chi connectivity index (χ1v) is 10.4. The summed E-state index contributed by atoms with van der Waals surface area (Å²) in [6.07, 6.45) is -3.73. The van der Waals surface area contributed by atoms with Gasteiger partial charge < -0.3 is 10.1 Å². The molecular weight excluding hydrogens is 431 g/mol. The van der Waals surface area contributed by atoms with E-state index in [1.54, 1.807) is 0 Å². The maximum atomic E-state index is 12.3. The number of nitrogens with one attached hydrogen (secondary N) is 1. The van der Waals surface area contributed by atoms with E-state index in [9.17, 15) is 18.0 Å². The molecule has 0 saturated heterocycles. The first-order chi connectivity index (χ1) is 14.7. The molecule has 0 aliphatic carbocycles. The summed E-state index contributed by atoms with van der Waals surface area (Å²) in [6, 6.07) is 12.8. The Morgan fingerprint density at radius 3 is 2.45 bits per heavy atom. The summed E-state index contributed by atoms with van der Waals surface area (Å²) in [5, 5.41) is 14.4. The van der Waals surface area contributed by atoms with Crippen LogP contribution >= 0.6 is 11.8 Å². The molecule has 1 heterocycles. The summed E-state index contributed by atoms with van der Waals surface area (Å²) in [5.41, 5.74) is 2.33. The lowest BCUT2D eigenvalue weighted by Crippen LogP contribution is -2.17. The SMILES string of the molecule is CCC(C)c1ccc(NC(=O)CSc2nnnn2-c2ccc(OC(F)(F)F)cc2)cc1. The lowest BCUT2D eigenvalue weighted by Gasteiger charge is -2.11. The molecule has 0 spiro atoms. The highest BCUT2D eigenvalue weighted by atomic mass is 32.2. The Labute approximate surface area is 181 Å². The van der Waals surface area contributed by atoms with Gasteiger partial charge in [-0.15, -0.1) is 18.3 Å². The van der Waals surface area contributed by atoms with Crippen molar-refractivity contribution < 1.29 is 22.7 Å². The van der Waals surface area contributed by atoms with Crippen LogP contribution in [0, 0.1) is 0 Å². The van der Waals surface area contributed by atoms with Crippen LogP contribution in [0.2, 0.25) is 0 Å². The van der Waals surface area contributed by atoms with E-state index in [4.69, 9.17) is 0 Å². The molecule has 11 heteroatoms. The standard InChI is InChI=1S/C20H20F3N5O2S/c1-3-13(2)14-4-6-15(7-5-14)24-18(29)12-31-19-25-26-27-28(19)16-8-10-17(11-9-16)30-20(21,22)23/h4-11,13H,3,12H2,1-2H3,(H,24,29). The van der Waals surface area contributed by atoms with E-state index >= 15 is 0 Å². The van der Waals surface area contributed by atoms with Crippen molar-refractivity contribution in [2.45, 2.75) is 37.7 Å². The third kappa shape index (κ3) is 6.45. The Morgan fingerprint density at radius 1 is 1.16 bits per heavy atom. The summed E-state index contributed by atoms with van der Waals surface area (Å²) in [5.74, 6) is -0.0711. The Morgan fingerprint density at radius 2 is 1.84 bits per heavy atom. The van der Waals surface area contributed by atoms with Gasteiger partial charge in [0.1, 0.15) is 5.75 Å². The normalized spacial score (nSPS) is 12.4. The third-order valence-electron chi connectivity index (χ3n) is 4.46. The zero-order valence-electron chi connectivity index (χ0n) is 16.8. The van der Waals surface area contributed by atoms with Crippen LogP contribution in [0.1, 0.15) is 31.7 Å². The minimum Gasteiger partial charge on any atom is -0.406 e. The largest absolute Gasteiger partial charge is 0.573 e. The first-order valence-electron chi connectivity index (χ1n) is 9.42. The number of carbonyl (C=O) groups is 1. The topological polar surface area (TPSA) is 81.9 Å². The Kier molecular flexibility index (Phi) is 7.16. The number of ether oxygens (including phenoxy) is 1. The summed E-state index contributed by atoms with van der Waals surface area (Å²) in [6.45, 7) is 4.27. The summed E-state index contributed by atoms with van der Waals surface area (Å²) >= 11 is 1.11. The molecule has 1 N–H and O–H groups in total. The van der Waals surface area contributed by atoms with E-state index in [0.717, 1.165) is 30.3 Å². The quantitative estimate of drug-likeness (QED) is 0.495. The van der Waals surface area contributed by atoms with Gasteiger partial charge in [-0.05, 0) is 64.7 Å². The van der Waals surface area contributed by atoms with Gasteiger partial charge in [0.05, 0.1) is 11.4 Å². The minimum absolute atomic E-state index is 0.0583. The maximum Gasteiger partial charge on any atom is 0.573 e. The second-order valence-electron chi connectivity index (χ2n) is 6.68. The number of rotatable bonds is 8. The maximum absolute atomic E-state index is 12.3. The Bertz CT molecular complexity index is 1010. The molecule has 1 aromatic heterocycles. The monoisotopic (exact) mass is 451 g/mol. The van der Waals surface area contributed by atoms with Crippen LogP contribution in [0.15, 0.2) is 53.7 Å². The van der Waals surface area contributed by atoms with E-state index in [2.05, 4.69) is 39.4 Å². The van der Waals surface area contributed by atoms with Crippen LogP contribution in [0.4, 0.5) is 18.9 Å². The third-order valence-corrected chi connectivity index (χ3v) is 5.38. The summed E-state index contributed by atoms with van der Waals surface area (Å²) in [4.78, 5) is 12.3. The molecule has 7 nitrogen and oxygen atoms in total. The van der Waals surface area contributed by atoms with Gasteiger partial charge in [0.25, 0.3) is 0 Å². The average molecular weight is 451 g/mol. The van der Waals surface area contributed by atoms with Crippen LogP contribution < -0.4 is 10.1 Å². The van der Waals surface area contributed by atoms with Gasteiger partial charge in [0.2, 0.25) is 11.1 Å². The number of aromatic nitrogens is 4. The highest BCUT2D eigenvalue weighted by Gasteiger charge is 2.31. The smallest absolute Gasteiger partial charge is 0.406 e. The van der Waals surface area contributed by atoms with Crippen molar-refractivity contribution >= 4 is 23.4 Å². The van der Waals surface area contributed by atoms with Crippen LogP contribution in [0.25, 0.3) is 5.69 Å². The van der Waals surface area contributed by atoms with Crippen molar-refractivity contribution in [1.82, 2.24) is 20.2 Å². The molecular formula is C20H20F3N5O2S. The fourth-order valence-electron chi connectivity index (χ4n) is 2.68. The van der Waals surface area contributed by atoms with Gasteiger partial charge in [-0.3, -0.25) is 4.79 Å². The number of halogens is 3. The van der Waals surface area contributed by atoms with Gasteiger partial charge in [0, 0.05) is 5.69 Å². The minimum atomic E-state index is -4.76. The lowest BCUT2D eigenvalue weighted by molar-refractivity contribution is -0.274. The van der Waals surface area contributed by atoms with E-state index in [1.807, 2.05) is 24.3 Å². The molecule has 0 radical (unpaired) electrons. The first kappa shape index (κ1) is 22.6. The fraction of sp³-hybridized carbons (Fsp3) is 0.300. The predicted molar refractivity (Wildman–Crippen MR) is 110 cm³/mol. The zero-order valence-corrected chi connectivity index (χ0v) is 17.6. The number of benzene rings is 2. The Hall–Kier alpha value is -3.08. The molecule has 3 rings (SSSR count). The number of tetrazole rings is 1. The number of hydrogen-bond donors (Lipinski definition) is 1. The molecule has 31 heavy (non-hydrogen) atoms. The van der Waals surface area contributed by atoms with Gasteiger partial charge in [-0.2, -0.15) is 4.68 Å². The molecule has 1 atom stereocenters. The van der Waals surface area contributed by atoms with Crippen molar-refractivity contribution in [3.63, 3.8) is 0 Å². The highest BCUT2D eigenvalue weighted by Crippen LogP contribution is 2.25. The molecule has 0 saturated carbocycles. The summed E-state index contributed by atoms with van der Waals surface area (Å²) < 4.78 is 42.0. The van der Waals surface area contributed by atoms with Gasteiger partial charge in [-0.1, -0.05) is 37.7 Å². The molecule has 1 unspecified atom stereocenters. The van der Waals surface area contributed by atoms with Crippen molar-refractivity contribution in [2.24, 2.45) is 0 Å². The molecule has 3 aromatic rings. The van der Waals surface area contributed by atoms with Crippen molar-refractivity contribution in [1.29, 1.82) is 0 Å². The van der Waals surface area contributed by atoms with Crippen LogP contribution in [-0.4, -0.2) is 38.2 Å². The molecule has 0 fully saturated rings. The second kappa shape index (κ2) is 9.82. The number of nitrogens with zero attached hydrogens (tertiary/aromatic N) is 4. The summed E-state index contributed by atoms with van der Waals surface area (Å²) in [7, 11) is 0. The molecule has 1 amide bonds. The van der Waals surface area contributed by atoms with Crippen LogP contribution in [0.3, 0.4) is 0 Å². The molecule has 164 valence electrons.